The fourth-order valence-electron chi connectivity index (χ4n) is 2.86. The summed E-state index contributed by atoms with van der Waals surface area (Å²) in [4.78, 5) is 35.5. The van der Waals surface area contributed by atoms with Gasteiger partial charge in [-0.15, -0.1) is 0 Å². The topological polar surface area (TPSA) is 141 Å². The lowest BCUT2D eigenvalue weighted by Gasteiger charge is -2.09. The number of carbonyl (C=O) groups excluding carboxylic acids is 2. The van der Waals surface area contributed by atoms with Crippen LogP contribution in [0.1, 0.15) is 18.1 Å². The van der Waals surface area contributed by atoms with E-state index in [1.54, 1.807) is 49.4 Å². The second kappa shape index (κ2) is 11.3. The zero-order valence-corrected chi connectivity index (χ0v) is 19.0. The van der Waals surface area contributed by atoms with Crippen molar-refractivity contribution in [2.45, 2.75) is 13.5 Å². The Bertz CT molecular complexity index is 1360. The second-order valence-corrected chi connectivity index (χ2v) is 8.54. The van der Waals surface area contributed by atoms with E-state index in [4.69, 9.17) is 13.9 Å². The van der Waals surface area contributed by atoms with Crippen molar-refractivity contribution in [1.29, 1.82) is 0 Å². The summed E-state index contributed by atoms with van der Waals surface area (Å²) in [6.45, 7) is 0.990. The third-order valence-electron chi connectivity index (χ3n) is 4.40. The Morgan fingerprint density at radius 2 is 1.82 bits per heavy atom. The van der Waals surface area contributed by atoms with Crippen molar-refractivity contribution < 1.29 is 31.9 Å². The monoisotopic (exact) mass is 486 g/mol. The maximum Gasteiger partial charge on any atom is 0.411 e. The SMILES string of the molecule is CCOC(=O)Nc1ccc2c(COC(=O)CNS(=O)(=O)/C=C/c3ccccc3)cc(=O)oc2c1. The van der Waals surface area contributed by atoms with E-state index in [0.29, 0.717) is 22.2 Å². The molecule has 10 nitrogen and oxygen atoms in total. The first-order valence-corrected chi connectivity index (χ1v) is 11.7. The van der Waals surface area contributed by atoms with Crippen LogP contribution in [0.3, 0.4) is 0 Å². The Labute approximate surface area is 195 Å². The molecule has 0 aliphatic heterocycles. The van der Waals surface area contributed by atoms with Crippen LogP contribution in [0.25, 0.3) is 17.0 Å². The van der Waals surface area contributed by atoms with Gasteiger partial charge in [-0.05, 0) is 30.7 Å². The molecule has 0 radical (unpaired) electrons. The molecule has 3 aromatic rings. The van der Waals surface area contributed by atoms with Crippen molar-refractivity contribution in [1.82, 2.24) is 4.72 Å². The lowest BCUT2D eigenvalue weighted by atomic mass is 10.1. The van der Waals surface area contributed by atoms with Gasteiger partial charge in [0.2, 0.25) is 10.0 Å². The average molecular weight is 487 g/mol. The zero-order valence-electron chi connectivity index (χ0n) is 18.1. The summed E-state index contributed by atoms with van der Waals surface area (Å²) in [5.41, 5.74) is 0.874. The maximum absolute atomic E-state index is 12.1. The zero-order chi connectivity index (χ0) is 24.6. The summed E-state index contributed by atoms with van der Waals surface area (Å²) >= 11 is 0. The van der Waals surface area contributed by atoms with Crippen LogP contribution in [-0.2, 0) is 30.9 Å². The van der Waals surface area contributed by atoms with E-state index in [2.05, 4.69) is 10.0 Å². The van der Waals surface area contributed by atoms with E-state index in [-0.39, 0.29) is 18.8 Å². The molecule has 0 saturated carbocycles. The Balaban J connectivity index is 1.61. The predicted molar refractivity (Wildman–Crippen MR) is 125 cm³/mol. The Morgan fingerprint density at radius 1 is 1.06 bits per heavy atom. The van der Waals surface area contributed by atoms with E-state index in [1.807, 2.05) is 0 Å². The Morgan fingerprint density at radius 3 is 2.56 bits per heavy atom. The molecule has 2 N–H and O–H groups in total. The molecule has 0 bridgehead atoms. The average Bonchev–Trinajstić information content (AvgIpc) is 2.80. The maximum atomic E-state index is 12.1. The first-order valence-electron chi connectivity index (χ1n) is 10.1. The summed E-state index contributed by atoms with van der Waals surface area (Å²) in [6.07, 6.45) is 0.740. The normalized spacial score (nSPS) is 11.4. The number of carbonyl (C=O) groups is 2. The van der Waals surface area contributed by atoms with Gasteiger partial charge in [0, 0.05) is 34.2 Å². The van der Waals surface area contributed by atoms with Gasteiger partial charge in [-0.2, -0.15) is 0 Å². The number of hydrogen-bond donors (Lipinski definition) is 2. The summed E-state index contributed by atoms with van der Waals surface area (Å²) in [5.74, 6) is -0.835. The summed E-state index contributed by atoms with van der Waals surface area (Å²) in [7, 11) is -3.86. The first-order chi connectivity index (χ1) is 16.3. The van der Waals surface area contributed by atoms with Gasteiger partial charge >= 0.3 is 17.7 Å². The van der Waals surface area contributed by atoms with E-state index >= 15 is 0 Å². The predicted octanol–water partition coefficient (Wildman–Crippen LogP) is 2.99. The molecule has 0 aliphatic carbocycles. The van der Waals surface area contributed by atoms with E-state index < -0.39 is 34.3 Å². The van der Waals surface area contributed by atoms with Gasteiger partial charge in [-0.1, -0.05) is 30.3 Å². The Hall–Kier alpha value is -3.96. The van der Waals surface area contributed by atoms with Crippen molar-refractivity contribution >= 4 is 44.8 Å². The number of rotatable bonds is 9. The molecule has 1 aromatic heterocycles. The number of esters is 1. The number of benzene rings is 2. The lowest BCUT2D eigenvalue weighted by Crippen LogP contribution is -2.29. The minimum atomic E-state index is -3.86. The van der Waals surface area contributed by atoms with Crippen LogP contribution in [0.4, 0.5) is 10.5 Å². The molecule has 0 unspecified atom stereocenters. The molecule has 1 heterocycles. The van der Waals surface area contributed by atoms with Gasteiger partial charge < -0.3 is 13.9 Å². The molecular weight excluding hydrogens is 464 g/mol. The number of ether oxygens (including phenoxy) is 2. The summed E-state index contributed by atoms with van der Waals surface area (Å²) in [6, 6.07) is 14.6. The number of hydrogen-bond acceptors (Lipinski definition) is 8. The van der Waals surface area contributed by atoms with Crippen LogP contribution < -0.4 is 15.7 Å². The molecule has 0 spiro atoms. The van der Waals surface area contributed by atoms with Crippen molar-refractivity contribution in [3.8, 4) is 0 Å². The quantitative estimate of drug-likeness (QED) is 0.347. The molecule has 0 fully saturated rings. The highest BCUT2D eigenvalue weighted by atomic mass is 32.2. The highest BCUT2D eigenvalue weighted by Gasteiger charge is 2.13. The number of amides is 1. The van der Waals surface area contributed by atoms with Gasteiger partial charge in [0.05, 0.1) is 6.61 Å². The first kappa shape index (κ1) is 24.7. The van der Waals surface area contributed by atoms with Crippen molar-refractivity contribution in [3.05, 3.63) is 81.6 Å². The van der Waals surface area contributed by atoms with Crippen LogP contribution in [0.5, 0.6) is 0 Å². The van der Waals surface area contributed by atoms with Crippen LogP contribution in [-0.4, -0.2) is 33.6 Å². The van der Waals surface area contributed by atoms with E-state index in [1.165, 1.54) is 18.2 Å². The fraction of sp³-hybridized carbons (Fsp3) is 0.174. The van der Waals surface area contributed by atoms with Crippen molar-refractivity contribution in [3.63, 3.8) is 0 Å². The minimum Gasteiger partial charge on any atom is -0.460 e. The Kier molecular flexibility index (Phi) is 8.17. The molecule has 34 heavy (non-hydrogen) atoms. The minimum absolute atomic E-state index is 0.166. The highest BCUT2D eigenvalue weighted by Crippen LogP contribution is 2.22. The molecule has 2 aromatic carbocycles. The fourth-order valence-corrected chi connectivity index (χ4v) is 3.61. The largest absolute Gasteiger partial charge is 0.460 e. The standard InChI is InChI=1S/C23H22N2O8S/c1-2-31-23(28)25-18-8-9-19-17(12-21(26)33-20(19)13-18)15-32-22(27)14-24-34(29,30)11-10-16-6-4-3-5-7-16/h3-13,24H,2,14-15H2,1H3,(H,25,28)/b11-10+. The van der Waals surface area contributed by atoms with E-state index in [0.717, 1.165) is 5.41 Å². The summed E-state index contributed by atoms with van der Waals surface area (Å²) in [5, 5.41) is 3.93. The molecular formula is C23H22N2O8S. The number of sulfonamides is 1. The molecule has 1 amide bonds. The van der Waals surface area contributed by atoms with Gasteiger partial charge in [0.15, 0.2) is 0 Å². The molecule has 0 aliphatic rings. The third kappa shape index (κ3) is 7.29. The summed E-state index contributed by atoms with van der Waals surface area (Å²) < 4.78 is 41.3. The van der Waals surface area contributed by atoms with Crippen LogP contribution in [0.2, 0.25) is 0 Å². The highest BCUT2D eigenvalue weighted by molar-refractivity contribution is 7.92. The molecule has 0 saturated heterocycles. The second-order valence-electron chi connectivity index (χ2n) is 6.89. The molecule has 178 valence electrons. The van der Waals surface area contributed by atoms with Gasteiger partial charge in [-0.3, -0.25) is 10.1 Å². The van der Waals surface area contributed by atoms with E-state index in [9.17, 15) is 22.8 Å². The van der Waals surface area contributed by atoms with Gasteiger partial charge in [0.1, 0.15) is 18.7 Å². The number of anilines is 1. The molecule has 3 rings (SSSR count). The van der Waals surface area contributed by atoms with Crippen LogP contribution >= 0.6 is 0 Å². The lowest BCUT2D eigenvalue weighted by molar-refractivity contribution is -0.143. The van der Waals surface area contributed by atoms with Crippen molar-refractivity contribution in [2.75, 3.05) is 18.5 Å². The van der Waals surface area contributed by atoms with Crippen LogP contribution in [0.15, 0.2) is 69.2 Å². The molecule has 11 heteroatoms. The molecule has 0 atom stereocenters. The number of nitrogens with one attached hydrogen (secondary N) is 2. The van der Waals surface area contributed by atoms with Crippen LogP contribution in [0, 0.1) is 0 Å². The van der Waals surface area contributed by atoms with Gasteiger partial charge in [0.25, 0.3) is 0 Å². The smallest absolute Gasteiger partial charge is 0.411 e. The third-order valence-corrected chi connectivity index (χ3v) is 5.44. The number of fused-ring (bicyclic) bond motifs is 1. The van der Waals surface area contributed by atoms with Gasteiger partial charge in [-0.25, -0.2) is 22.7 Å². The van der Waals surface area contributed by atoms with Crippen molar-refractivity contribution in [2.24, 2.45) is 0 Å².